The minimum atomic E-state index is -0.206. The summed E-state index contributed by atoms with van der Waals surface area (Å²) in [4.78, 5) is 4.34. The molecule has 3 rings (SSSR count). The Labute approximate surface area is 107 Å². The Morgan fingerprint density at radius 3 is 3.12 bits per heavy atom. The van der Waals surface area contributed by atoms with Crippen molar-refractivity contribution in [3.8, 4) is 0 Å². The summed E-state index contributed by atoms with van der Waals surface area (Å²) in [5.41, 5.74) is 1.07. The van der Waals surface area contributed by atoms with E-state index < -0.39 is 0 Å². The van der Waals surface area contributed by atoms with Gasteiger partial charge in [-0.3, -0.25) is 0 Å². The Morgan fingerprint density at radius 2 is 2.44 bits per heavy atom. The highest BCUT2D eigenvalue weighted by molar-refractivity contribution is 9.10. The molecule has 3 nitrogen and oxygen atoms in total. The first-order chi connectivity index (χ1) is 7.62. The Hall–Kier alpha value is -0.320. The van der Waals surface area contributed by atoms with E-state index in [4.69, 9.17) is 11.6 Å². The number of aliphatic hydroxyl groups excluding tert-OH is 1. The van der Waals surface area contributed by atoms with Crippen LogP contribution in [0, 0.1) is 0 Å². The average Bonchev–Trinajstić information content (AvgIpc) is 2.79. The minimum Gasteiger partial charge on any atom is -0.393 e. The molecule has 1 spiro atoms. The van der Waals surface area contributed by atoms with Crippen molar-refractivity contribution in [2.45, 2.75) is 30.8 Å². The fraction of sp³-hybridized carbons (Fsp3) is 0.545. The lowest BCUT2D eigenvalue weighted by Gasteiger charge is -2.23. The van der Waals surface area contributed by atoms with Crippen LogP contribution in [0.2, 0.25) is 5.02 Å². The van der Waals surface area contributed by atoms with Crippen LogP contribution in [0.1, 0.15) is 24.8 Å². The van der Waals surface area contributed by atoms with E-state index in [1.165, 1.54) is 0 Å². The molecule has 5 heteroatoms. The van der Waals surface area contributed by atoms with Gasteiger partial charge in [0.1, 0.15) is 5.82 Å². The molecule has 1 aliphatic carbocycles. The molecule has 0 radical (unpaired) electrons. The quantitative estimate of drug-likeness (QED) is 0.774. The second-order valence-electron chi connectivity index (χ2n) is 4.67. The highest BCUT2D eigenvalue weighted by Crippen LogP contribution is 2.51. The number of halogens is 2. The van der Waals surface area contributed by atoms with E-state index in [2.05, 4.69) is 26.2 Å². The zero-order valence-corrected chi connectivity index (χ0v) is 11.0. The molecule has 0 unspecified atom stereocenters. The molecule has 2 N–H and O–H groups in total. The van der Waals surface area contributed by atoms with Gasteiger partial charge in [0.15, 0.2) is 0 Å². The molecule has 86 valence electrons. The fourth-order valence-electron chi connectivity index (χ4n) is 2.91. The minimum absolute atomic E-state index is 0.0113. The predicted octanol–water partition coefficient (Wildman–Crippen LogP) is 2.71. The van der Waals surface area contributed by atoms with Crippen molar-refractivity contribution < 1.29 is 5.11 Å². The van der Waals surface area contributed by atoms with Crippen LogP contribution in [0.5, 0.6) is 0 Å². The van der Waals surface area contributed by atoms with Crippen LogP contribution >= 0.6 is 27.5 Å². The largest absolute Gasteiger partial charge is 0.393 e. The molecule has 2 atom stereocenters. The van der Waals surface area contributed by atoms with Crippen LogP contribution in [0.4, 0.5) is 5.82 Å². The lowest BCUT2D eigenvalue weighted by atomic mass is 9.81. The van der Waals surface area contributed by atoms with Gasteiger partial charge in [0.2, 0.25) is 0 Å². The molecule has 2 aliphatic rings. The standard InChI is InChI=1S/C11H12BrClN2O/c12-7-4-14-10-8(9(7)13)11(5-15-10)2-1-6(16)3-11/h4,6,16H,1-3,5H2,(H,14,15)/t6-,11-/m0/s1. The molecular formula is C11H12BrClN2O. The highest BCUT2D eigenvalue weighted by Gasteiger charge is 2.46. The van der Waals surface area contributed by atoms with E-state index >= 15 is 0 Å². The number of rotatable bonds is 0. The van der Waals surface area contributed by atoms with E-state index in [0.717, 1.165) is 46.7 Å². The van der Waals surface area contributed by atoms with Gasteiger partial charge in [-0.2, -0.15) is 0 Å². The van der Waals surface area contributed by atoms with Gasteiger partial charge >= 0.3 is 0 Å². The average molecular weight is 304 g/mol. The maximum atomic E-state index is 9.74. The van der Waals surface area contributed by atoms with Gasteiger partial charge in [0, 0.05) is 23.7 Å². The van der Waals surface area contributed by atoms with Gasteiger partial charge in [-0.1, -0.05) is 11.6 Å². The first kappa shape index (κ1) is 10.8. The Balaban J connectivity index is 2.14. The molecule has 1 aromatic heterocycles. The third-order valence-corrected chi connectivity index (χ3v) is 4.90. The zero-order chi connectivity index (χ0) is 11.3. The van der Waals surface area contributed by atoms with E-state index in [0.29, 0.717) is 0 Å². The first-order valence-electron chi connectivity index (χ1n) is 5.39. The van der Waals surface area contributed by atoms with Gasteiger partial charge in [0.25, 0.3) is 0 Å². The van der Waals surface area contributed by atoms with Crippen molar-refractivity contribution in [2.24, 2.45) is 0 Å². The summed E-state index contributed by atoms with van der Waals surface area (Å²) < 4.78 is 0.831. The molecule has 1 aromatic rings. The molecule has 2 heterocycles. The molecule has 0 amide bonds. The van der Waals surface area contributed by atoms with Crippen LogP contribution in [0.15, 0.2) is 10.7 Å². The van der Waals surface area contributed by atoms with Crippen molar-refractivity contribution in [3.63, 3.8) is 0 Å². The van der Waals surface area contributed by atoms with Crippen LogP contribution in [0.25, 0.3) is 0 Å². The number of aliphatic hydroxyl groups is 1. The number of nitrogens with one attached hydrogen (secondary N) is 1. The van der Waals surface area contributed by atoms with Gasteiger partial charge in [-0.25, -0.2) is 4.98 Å². The SMILES string of the molecule is O[C@H]1CC[C@@]2(CNc3ncc(Br)c(Cl)c32)C1. The van der Waals surface area contributed by atoms with E-state index in [1.54, 1.807) is 6.20 Å². The molecule has 0 aromatic carbocycles. The third kappa shape index (κ3) is 1.40. The van der Waals surface area contributed by atoms with Crippen LogP contribution in [-0.4, -0.2) is 22.7 Å². The van der Waals surface area contributed by atoms with Gasteiger partial charge < -0.3 is 10.4 Å². The van der Waals surface area contributed by atoms with Gasteiger partial charge in [-0.05, 0) is 35.2 Å². The highest BCUT2D eigenvalue weighted by atomic mass is 79.9. The Kier molecular flexibility index (Phi) is 2.42. The van der Waals surface area contributed by atoms with Crippen LogP contribution in [0.3, 0.4) is 0 Å². The second-order valence-corrected chi connectivity index (χ2v) is 5.91. The maximum Gasteiger partial charge on any atom is 0.131 e. The predicted molar refractivity (Wildman–Crippen MR) is 67.0 cm³/mol. The number of nitrogens with zero attached hydrogens (tertiary/aromatic N) is 1. The monoisotopic (exact) mass is 302 g/mol. The number of anilines is 1. The summed E-state index contributed by atoms with van der Waals surface area (Å²) in [6, 6.07) is 0. The molecule has 16 heavy (non-hydrogen) atoms. The molecular weight excluding hydrogens is 291 g/mol. The summed E-state index contributed by atoms with van der Waals surface area (Å²) >= 11 is 9.76. The molecule has 0 saturated heterocycles. The normalized spacial score (nSPS) is 31.8. The van der Waals surface area contributed by atoms with Crippen molar-refractivity contribution in [3.05, 3.63) is 21.3 Å². The van der Waals surface area contributed by atoms with Gasteiger partial charge in [-0.15, -0.1) is 0 Å². The Morgan fingerprint density at radius 1 is 1.62 bits per heavy atom. The summed E-state index contributed by atoms with van der Waals surface area (Å²) in [5, 5.41) is 13.8. The molecule has 0 bridgehead atoms. The maximum absolute atomic E-state index is 9.74. The molecule has 1 saturated carbocycles. The number of pyridine rings is 1. The summed E-state index contributed by atoms with van der Waals surface area (Å²) in [6.45, 7) is 0.836. The summed E-state index contributed by atoms with van der Waals surface area (Å²) in [7, 11) is 0. The topological polar surface area (TPSA) is 45.1 Å². The van der Waals surface area contributed by atoms with E-state index in [-0.39, 0.29) is 11.5 Å². The lowest BCUT2D eigenvalue weighted by Crippen LogP contribution is -2.26. The number of fused-ring (bicyclic) bond motifs is 2. The van der Waals surface area contributed by atoms with E-state index in [9.17, 15) is 5.11 Å². The number of aromatic nitrogens is 1. The van der Waals surface area contributed by atoms with Crippen molar-refractivity contribution >= 4 is 33.3 Å². The Bertz CT molecular complexity index is 450. The second kappa shape index (κ2) is 3.59. The number of hydrogen-bond acceptors (Lipinski definition) is 3. The first-order valence-corrected chi connectivity index (χ1v) is 6.56. The number of hydrogen-bond donors (Lipinski definition) is 2. The van der Waals surface area contributed by atoms with Gasteiger partial charge in [0.05, 0.1) is 15.6 Å². The third-order valence-electron chi connectivity index (χ3n) is 3.68. The van der Waals surface area contributed by atoms with Crippen LogP contribution in [-0.2, 0) is 5.41 Å². The molecule has 1 fully saturated rings. The smallest absolute Gasteiger partial charge is 0.131 e. The van der Waals surface area contributed by atoms with E-state index in [1.807, 2.05) is 0 Å². The zero-order valence-electron chi connectivity index (χ0n) is 8.63. The lowest BCUT2D eigenvalue weighted by molar-refractivity contribution is 0.175. The summed E-state index contributed by atoms with van der Waals surface area (Å²) in [5.74, 6) is 0.877. The van der Waals surface area contributed by atoms with Crippen molar-refractivity contribution in [1.29, 1.82) is 0 Å². The summed E-state index contributed by atoms with van der Waals surface area (Å²) in [6.07, 6.45) is 4.13. The fourth-order valence-corrected chi connectivity index (χ4v) is 3.55. The van der Waals surface area contributed by atoms with Crippen molar-refractivity contribution in [2.75, 3.05) is 11.9 Å². The van der Waals surface area contributed by atoms with Crippen molar-refractivity contribution in [1.82, 2.24) is 4.98 Å². The van der Waals surface area contributed by atoms with Crippen LogP contribution < -0.4 is 5.32 Å². The molecule has 1 aliphatic heterocycles.